The smallest absolute Gasteiger partial charge is 0.262 e. The number of hydrogen-bond donors (Lipinski definition) is 1. The molecule has 4 nitrogen and oxygen atoms in total. The van der Waals surface area contributed by atoms with Crippen molar-refractivity contribution in [1.29, 1.82) is 0 Å². The normalized spacial score (nSPS) is 16.0. The van der Waals surface area contributed by atoms with Crippen molar-refractivity contribution in [1.82, 2.24) is 9.55 Å². The molecule has 2 aromatic rings. The van der Waals surface area contributed by atoms with Gasteiger partial charge in [-0.2, -0.15) is 11.8 Å². The Morgan fingerprint density at radius 1 is 1.43 bits per heavy atom. The van der Waals surface area contributed by atoms with E-state index in [0.717, 1.165) is 37.3 Å². The number of hydrogen-bond acceptors (Lipinski definition) is 4. The molecule has 1 atom stereocenters. The van der Waals surface area contributed by atoms with Crippen molar-refractivity contribution >= 4 is 34.3 Å². The SMILES string of the molecule is CSCCCCn1c([C@@H](N)C2CC2)nc2cccc(Cl)c2c1=O. The van der Waals surface area contributed by atoms with Crippen LogP contribution in [-0.2, 0) is 6.54 Å². The van der Waals surface area contributed by atoms with Crippen LogP contribution in [0.25, 0.3) is 10.9 Å². The van der Waals surface area contributed by atoms with E-state index in [0.29, 0.717) is 28.4 Å². The van der Waals surface area contributed by atoms with E-state index in [2.05, 4.69) is 6.26 Å². The van der Waals surface area contributed by atoms with Crippen LogP contribution >= 0.6 is 23.4 Å². The van der Waals surface area contributed by atoms with Crippen molar-refractivity contribution in [3.8, 4) is 0 Å². The third-order valence-electron chi connectivity index (χ3n) is 4.37. The number of halogens is 1. The molecule has 0 radical (unpaired) electrons. The van der Waals surface area contributed by atoms with Crippen LogP contribution in [0.2, 0.25) is 5.02 Å². The fraction of sp³-hybridized carbons (Fsp3) is 0.529. The van der Waals surface area contributed by atoms with Crippen LogP contribution in [0, 0.1) is 5.92 Å². The third kappa shape index (κ3) is 3.57. The van der Waals surface area contributed by atoms with Crippen molar-refractivity contribution in [2.24, 2.45) is 11.7 Å². The molecule has 0 bridgehead atoms. The van der Waals surface area contributed by atoms with E-state index < -0.39 is 0 Å². The molecule has 1 aliphatic carbocycles. The fourth-order valence-electron chi connectivity index (χ4n) is 2.89. The van der Waals surface area contributed by atoms with Gasteiger partial charge < -0.3 is 5.73 Å². The Bertz CT molecular complexity index is 757. The molecule has 124 valence electrons. The number of rotatable bonds is 7. The molecule has 1 heterocycles. The second kappa shape index (κ2) is 7.24. The Morgan fingerprint density at radius 3 is 2.91 bits per heavy atom. The zero-order chi connectivity index (χ0) is 16.4. The van der Waals surface area contributed by atoms with E-state index in [1.165, 1.54) is 0 Å². The number of fused-ring (bicyclic) bond motifs is 1. The Kier molecular flexibility index (Phi) is 5.29. The van der Waals surface area contributed by atoms with Crippen molar-refractivity contribution in [2.45, 2.75) is 38.3 Å². The molecule has 3 rings (SSSR count). The summed E-state index contributed by atoms with van der Waals surface area (Å²) in [6.07, 6.45) is 6.36. The Hall–Kier alpha value is -1.04. The van der Waals surface area contributed by atoms with E-state index in [1.54, 1.807) is 10.6 Å². The molecule has 1 aromatic carbocycles. The molecule has 1 saturated carbocycles. The van der Waals surface area contributed by atoms with Gasteiger partial charge in [0, 0.05) is 6.54 Å². The third-order valence-corrected chi connectivity index (χ3v) is 5.38. The molecule has 2 N–H and O–H groups in total. The highest BCUT2D eigenvalue weighted by Gasteiger charge is 2.32. The van der Waals surface area contributed by atoms with E-state index in [1.807, 2.05) is 23.9 Å². The Balaban J connectivity index is 2.04. The lowest BCUT2D eigenvalue weighted by Crippen LogP contribution is -2.30. The Morgan fingerprint density at radius 2 is 2.22 bits per heavy atom. The first-order chi connectivity index (χ1) is 11.1. The topological polar surface area (TPSA) is 60.9 Å². The summed E-state index contributed by atoms with van der Waals surface area (Å²) in [4.78, 5) is 17.7. The number of unbranched alkanes of at least 4 members (excludes halogenated alkanes) is 1. The number of aromatic nitrogens is 2. The lowest BCUT2D eigenvalue weighted by atomic mass is 10.1. The van der Waals surface area contributed by atoms with Crippen molar-refractivity contribution in [2.75, 3.05) is 12.0 Å². The van der Waals surface area contributed by atoms with Crippen LogP contribution in [0.1, 0.15) is 37.5 Å². The zero-order valence-electron chi connectivity index (χ0n) is 13.3. The second-order valence-corrected chi connectivity index (χ2v) is 7.52. The van der Waals surface area contributed by atoms with Crippen molar-refractivity contribution < 1.29 is 0 Å². The molecule has 23 heavy (non-hydrogen) atoms. The first-order valence-corrected chi connectivity index (χ1v) is 9.84. The number of benzene rings is 1. The first-order valence-electron chi connectivity index (χ1n) is 8.07. The molecule has 0 saturated heterocycles. The van der Waals surface area contributed by atoms with Gasteiger partial charge in [-0.15, -0.1) is 0 Å². The summed E-state index contributed by atoms with van der Waals surface area (Å²) in [7, 11) is 0. The summed E-state index contributed by atoms with van der Waals surface area (Å²) in [5.74, 6) is 2.27. The molecular formula is C17H22ClN3OS. The minimum absolute atomic E-state index is 0.0594. The van der Waals surface area contributed by atoms with Crippen LogP contribution in [0.4, 0.5) is 0 Å². The van der Waals surface area contributed by atoms with Gasteiger partial charge in [0.15, 0.2) is 0 Å². The number of thioether (sulfide) groups is 1. The van der Waals surface area contributed by atoms with Gasteiger partial charge in [-0.1, -0.05) is 17.7 Å². The quantitative estimate of drug-likeness (QED) is 0.774. The summed E-state index contributed by atoms with van der Waals surface area (Å²) in [6, 6.07) is 5.24. The van der Waals surface area contributed by atoms with Gasteiger partial charge in [0.1, 0.15) is 5.82 Å². The van der Waals surface area contributed by atoms with E-state index >= 15 is 0 Å². The van der Waals surface area contributed by atoms with Gasteiger partial charge in [-0.05, 0) is 55.7 Å². The maximum atomic E-state index is 13.0. The van der Waals surface area contributed by atoms with Crippen molar-refractivity contribution in [3.05, 3.63) is 39.4 Å². The standard InChI is InChI=1S/C17H22ClN3OS/c1-23-10-3-2-9-21-16(15(19)11-7-8-11)20-13-6-4-5-12(18)14(13)17(21)22/h4-6,11,15H,2-3,7-10,19H2,1H3/t15-/m0/s1. The summed E-state index contributed by atoms with van der Waals surface area (Å²) in [5.41, 5.74) is 6.96. The summed E-state index contributed by atoms with van der Waals surface area (Å²) < 4.78 is 1.76. The zero-order valence-corrected chi connectivity index (χ0v) is 14.9. The lowest BCUT2D eigenvalue weighted by Gasteiger charge is -2.18. The molecular weight excluding hydrogens is 330 g/mol. The molecule has 0 amide bonds. The Labute approximate surface area is 145 Å². The average Bonchev–Trinajstić information content (AvgIpc) is 3.37. The molecule has 0 aliphatic heterocycles. The van der Waals surface area contributed by atoms with Gasteiger partial charge in [0.25, 0.3) is 5.56 Å². The predicted octanol–water partition coefficient (Wildman–Crippen LogP) is 3.60. The van der Waals surface area contributed by atoms with Crippen LogP contribution < -0.4 is 11.3 Å². The van der Waals surface area contributed by atoms with E-state index in [-0.39, 0.29) is 11.6 Å². The largest absolute Gasteiger partial charge is 0.321 e. The molecule has 0 spiro atoms. The van der Waals surface area contributed by atoms with Crippen LogP contribution in [-0.4, -0.2) is 21.6 Å². The predicted molar refractivity (Wildman–Crippen MR) is 98.3 cm³/mol. The van der Waals surface area contributed by atoms with Gasteiger partial charge in [-0.3, -0.25) is 9.36 Å². The van der Waals surface area contributed by atoms with Gasteiger partial charge >= 0.3 is 0 Å². The summed E-state index contributed by atoms with van der Waals surface area (Å²) >= 11 is 8.06. The molecule has 1 fully saturated rings. The van der Waals surface area contributed by atoms with Gasteiger partial charge in [-0.25, -0.2) is 4.98 Å². The fourth-order valence-corrected chi connectivity index (χ4v) is 3.64. The van der Waals surface area contributed by atoms with E-state index in [9.17, 15) is 4.79 Å². The maximum absolute atomic E-state index is 13.0. The molecule has 6 heteroatoms. The molecule has 0 unspecified atom stereocenters. The highest BCUT2D eigenvalue weighted by atomic mass is 35.5. The highest BCUT2D eigenvalue weighted by Crippen LogP contribution is 2.39. The van der Waals surface area contributed by atoms with E-state index in [4.69, 9.17) is 22.3 Å². The van der Waals surface area contributed by atoms with Crippen molar-refractivity contribution in [3.63, 3.8) is 0 Å². The first kappa shape index (κ1) is 16.8. The number of nitrogens with zero attached hydrogens (tertiary/aromatic N) is 2. The lowest BCUT2D eigenvalue weighted by molar-refractivity contribution is 0.507. The summed E-state index contributed by atoms with van der Waals surface area (Å²) in [6.45, 7) is 0.656. The minimum Gasteiger partial charge on any atom is -0.321 e. The average molecular weight is 352 g/mol. The summed E-state index contributed by atoms with van der Waals surface area (Å²) in [5, 5.41) is 0.968. The molecule has 1 aromatic heterocycles. The maximum Gasteiger partial charge on any atom is 0.262 e. The number of nitrogens with two attached hydrogens (primary N) is 1. The molecule has 1 aliphatic rings. The second-order valence-electron chi connectivity index (χ2n) is 6.12. The van der Waals surface area contributed by atoms with Crippen LogP contribution in [0.5, 0.6) is 0 Å². The minimum atomic E-state index is -0.161. The highest BCUT2D eigenvalue weighted by molar-refractivity contribution is 7.98. The van der Waals surface area contributed by atoms with Crippen LogP contribution in [0.15, 0.2) is 23.0 Å². The monoisotopic (exact) mass is 351 g/mol. The van der Waals surface area contributed by atoms with Crippen LogP contribution in [0.3, 0.4) is 0 Å². The van der Waals surface area contributed by atoms with Gasteiger partial charge in [0.2, 0.25) is 0 Å². The van der Waals surface area contributed by atoms with Gasteiger partial charge in [0.05, 0.1) is 22.0 Å².